The number of nitrogens with zero attached hydrogens (tertiary/aromatic N) is 3. The van der Waals surface area contributed by atoms with E-state index in [9.17, 15) is 4.79 Å². The predicted octanol–water partition coefficient (Wildman–Crippen LogP) is 3.20. The summed E-state index contributed by atoms with van der Waals surface area (Å²) < 4.78 is 2.85. The number of carboxylic acid groups (broad SMARTS) is 1. The van der Waals surface area contributed by atoms with Gasteiger partial charge < -0.3 is 5.11 Å². The van der Waals surface area contributed by atoms with Crippen molar-refractivity contribution in [2.45, 2.75) is 13.0 Å². The summed E-state index contributed by atoms with van der Waals surface area (Å²) in [5.74, 6) is -0.982. The van der Waals surface area contributed by atoms with Crippen molar-refractivity contribution < 1.29 is 9.90 Å². The number of aromatic carboxylic acids is 1. The zero-order valence-electron chi connectivity index (χ0n) is 10.3. The van der Waals surface area contributed by atoms with Gasteiger partial charge in [0, 0.05) is 17.8 Å². The van der Waals surface area contributed by atoms with E-state index in [-0.39, 0.29) is 5.56 Å². The van der Waals surface area contributed by atoms with Crippen molar-refractivity contribution in [1.29, 1.82) is 0 Å². The summed E-state index contributed by atoms with van der Waals surface area (Å²) in [4.78, 5) is 12.4. The van der Waals surface area contributed by atoms with Gasteiger partial charge in [-0.15, -0.1) is 16.4 Å². The van der Waals surface area contributed by atoms with E-state index < -0.39 is 5.97 Å². The number of benzene rings is 1. The number of hydrogen-bond donors (Lipinski definition) is 1. The van der Waals surface area contributed by atoms with Gasteiger partial charge in [0.25, 0.3) is 0 Å². The number of fused-ring (bicyclic) bond motifs is 1. The summed E-state index contributed by atoms with van der Waals surface area (Å²) in [7, 11) is 0. The van der Waals surface area contributed by atoms with E-state index in [0.717, 1.165) is 15.7 Å². The molecule has 102 valence electrons. The Kier molecular flexibility index (Phi) is 3.54. The summed E-state index contributed by atoms with van der Waals surface area (Å²) in [5, 5.41) is 17.2. The third-order valence-corrected chi connectivity index (χ3v) is 4.66. The Hall–Kier alpha value is -1.73. The molecule has 0 spiro atoms. The highest BCUT2D eigenvalue weighted by Crippen LogP contribution is 2.23. The Balaban J connectivity index is 1.89. The molecular weight excluding hydrogens is 342 g/mol. The first-order chi connectivity index (χ1) is 9.65. The van der Waals surface area contributed by atoms with Crippen molar-refractivity contribution in [2.24, 2.45) is 0 Å². The minimum absolute atomic E-state index is 0.188. The van der Waals surface area contributed by atoms with Gasteiger partial charge in [-0.2, -0.15) is 0 Å². The number of hydrogen-bond acceptors (Lipinski definition) is 4. The average molecular weight is 352 g/mol. The van der Waals surface area contributed by atoms with Crippen LogP contribution in [0.25, 0.3) is 11.0 Å². The zero-order valence-corrected chi connectivity index (χ0v) is 12.7. The Labute approximate surface area is 127 Å². The van der Waals surface area contributed by atoms with Crippen molar-refractivity contribution in [2.75, 3.05) is 0 Å². The fraction of sp³-hybridized carbons (Fsp3) is 0.154. The second-order valence-electron chi connectivity index (χ2n) is 4.25. The Morgan fingerprint density at radius 3 is 2.90 bits per heavy atom. The van der Waals surface area contributed by atoms with Crippen molar-refractivity contribution in [3.05, 3.63) is 44.6 Å². The van der Waals surface area contributed by atoms with Gasteiger partial charge in [-0.1, -0.05) is 11.3 Å². The second-order valence-corrected chi connectivity index (χ2v) is 6.79. The highest BCUT2D eigenvalue weighted by molar-refractivity contribution is 9.11. The summed E-state index contributed by atoms with van der Waals surface area (Å²) in [6, 6.07) is 9.18. The van der Waals surface area contributed by atoms with E-state index in [0.29, 0.717) is 12.1 Å². The molecule has 0 atom stereocenters. The second kappa shape index (κ2) is 5.34. The third-order valence-electron chi connectivity index (χ3n) is 2.97. The monoisotopic (exact) mass is 351 g/mol. The number of carboxylic acids is 1. The Bertz CT molecular complexity index is 781. The molecule has 0 saturated heterocycles. The molecule has 0 aliphatic heterocycles. The molecule has 5 nitrogen and oxygen atoms in total. The molecule has 0 radical (unpaired) electrons. The first-order valence-corrected chi connectivity index (χ1v) is 7.56. The maximum atomic E-state index is 11.1. The lowest BCUT2D eigenvalue weighted by molar-refractivity contribution is 0.0699. The van der Waals surface area contributed by atoms with E-state index in [1.807, 2.05) is 12.1 Å². The van der Waals surface area contributed by atoms with Crippen molar-refractivity contribution in [3.63, 3.8) is 0 Å². The standard InChI is InChI=1S/C13H10BrN3O2S/c14-11-5-4-8(20-11)6-7-17-10-3-1-2-9(13(18)19)12(10)15-16-17/h1-5H,6-7H2,(H,18,19). The molecule has 7 heteroatoms. The molecule has 0 saturated carbocycles. The number of halogens is 1. The lowest BCUT2D eigenvalue weighted by Crippen LogP contribution is -2.02. The molecule has 0 aliphatic carbocycles. The first kappa shape index (κ1) is 13.3. The van der Waals surface area contributed by atoms with Crippen LogP contribution in [0, 0.1) is 0 Å². The normalized spacial score (nSPS) is 11.1. The van der Waals surface area contributed by atoms with Crippen LogP contribution in [0.5, 0.6) is 0 Å². The van der Waals surface area contributed by atoms with E-state index >= 15 is 0 Å². The summed E-state index contributed by atoms with van der Waals surface area (Å²) >= 11 is 5.12. The van der Waals surface area contributed by atoms with Crippen LogP contribution in [-0.4, -0.2) is 26.1 Å². The number of aryl methyl sites for hydroxylation is 2. The minimum atomic E-state index is -0.982. The van der Waals surface area contributed by atoms with Crippen LogP contribution < -0.4 is 0 Å². The molecular formula is C13H10BrN3O2S. The van der Waals surface area contributed by atoms with Crippen LogP contribution in [0.4, 0.5) is 0 Å². The zero-order chi connectivity index (χ0) is 14.1. The van der Waals surface area contributed by atoms with Crippen molar-refractivity contribution in [1.82, 2.24) is 15.0 Å². The number of rotatable bonds is 4. The maximum Gasteiger partial charge on any atom is 0.338 e. The van der Waals surface area contributed by atoms with Gasteiger partial charge in [0.1, 0.15) is 5.52 Å². The van der Waals surface area contributed by atoms with Crippen molar-refractivity contribution >= 4 is 44.3 Å². The number of aromatic nitrogens is 3. The van der Waals surface area contributed by atoms with Gasteiger partial charge in [-0.3, -0.25) is 0 Å². The maximum absolute atomic E-state index is 11.1. The fourth-order valence-corrected chi connectivity index (χ4v) is 3.50. The topological polar surface area (TPSA) is 68.0 Å². The molecule has 0 bridgehead atoms. The summed E-state index contributed by atoms with van der Waals surface area (Å²) in [5.41, 5.74) is 1.38. The smallest absolute Gasteiger partial charge is 0.338 e. The first-order valence-electron chi connectivity index (χ1n) is 5.95. The molecule has 0 aliphatic rings. The molecule has 0 amide bonds. The average Bonchev–Trinajstić information content (AvgIpc) is 3.02. The molecule has 2 heterocycles. The molecule has 1 aromatic carbocycles. The van der Waals surface area contributed by atoms with Crippen molar-refractivity contribution in [3.8, 4) is 0 Å². The minimum Gasteiger partial charge on any atom is -0.478 e. The van der Waals surface area contributed by atoms with E-state index in [2.05, 4.69) is 32.3 Å². The molecule has 0 unspecified atom stereocenters. The van der Waals surface area contributed by atoms with Crippen LogP contribution in [0.2, 0.25) is 0 Å². The predicted molar refractivity (Wildman–Crippen MR) is 80.2 cm³/mol. The SMILES string of the molecule is O=C(O)c1cccc2c1nnn2CCc1ccc(Br)s1. The van der Waals surface area contributed by atoms with Gasteiger partial charge >= 0.3 is 5.97 Å². The lowest BCUT2D eigenvalue weighted by Gasteiger charge is -2.01. The molecule has 3 aromatic rings. The highest BCUT2D eigenvalue weighted by atomic mass is 79.9. The van der Waals surface area contributed by atoms with Gasteiger partial charge in [0.2, 0.25) is 0 Å². The molecule has 3 rings (SSSR count). The Morgan fingerprint density at radius 1 is 1.35 bits per heavy atom. The van der Waals surface area contributed by atoms with E-state index in [1.54, 1.807) is 28.2 Å². The number of thiophene rings is 1. The van der Waals surface area contributed by atoms with Crippen LogP contribution in [0.15, 0.2) is 34.1 Å². The van der Waals surface area contributed by atoms with Gasteiger partial charge in [-0.25, -0.2) is 9.48 Å². The molecule has 0 fully saturated rings. The van der Waals surface area contributed by atoms with Crippen LogP contribution in [-0.2, 0) is 13.0 Å². The summed E-state index contributed by atoms with van der Waals surface area (Å²) in [6.45, 7) is 0.673. The van der Waals surface area contributed by atoms with Gasteiger partial charge in [0.15, 0.2) is 0 Å². The van der Waals surface area contributed by atoms with Gasteiger partial charge in [0.05, 0.1) is 14.9 Å². The van der Waals surface area contributed by atoms with Gasteiger partial charge in [-0.05, 0) is 40.2 Å². The highest BCUT2D eigenvalue weighted by Gasteiger charge is 2.13. The van der Waals surface area contributed by atoms with Crippen LogP contribution in [0.1, 0.15) is 15.2 Å². The van der Waals surface area contributed by atoms with Crippen LogP contribution in [0.3, 0.4) is 0 Å². The lowest BCUT2D eigenvalue weighted by atomic mass is 10.2. The van der Waals surface area contributed by atoms with E-state index in [1.165, 1.54) is 4.88 Å². The molecule has 2 aromatic heterocycles. The Morgan fingerprint density at radius 2 is 2.20 bits per heavy atom. The summed E-state index contributed by atoms with van der Waals surface area (Å²) in [6.07, 6.45) is 0.839. The molecule has 20 heavy (non-hydrogen) atoms. The molecule has 1 N–H and O–H groups in total. The van der Waals surface area contributed by atoms with Crippen LogP contribution >= 0.6 is 27.3 Å². The van der Waals surface area contributed by atoms with E-state index in [4.69, 9.17) is 5.11 Å². The number of carbonyl (C=O) groups is 1. The largest absolute Gasteiger partial charge is 0.478 e. The third kappa shape index (κ3) is 2.46. The quantitative estimate of drug-likeness (QED) is 0.783. The fourth-order valence-electron chi connectivity index (χ4n) is 2.03.